The molecule has 0 unspecified atom stereocenters. The third-order valence-electron chi connectivity index (χ3n) is 6.29. The summed E-state index contributed by atoms with van der Waals surface area (Å²) in [6, 6.07) is 7.25. The predicted molar refractivity (Wildman–Crippen MR) is 124 cm³/mol. The number of hydrogen-bond acceptors (Lipinski definition) is 7. The van der Waals surface area contributed by atoms with Crippen molar-refractivity contribution in [3.63, 3.8) is 0 Å². The SMILES string of the molecule is Cc1cccc2c(C3=C(c4cc(N5CCN(C)CC5)cnc4[N+](=O)[O-])C(=O)NC3=O)c[nH]c12. The minimum Gasteiger partial charge on any atom is -0.366 e. The van der Waals surface area contributed by atoms with Gasteiger partial charge in [-0.3, -0.25) is 14.9 Å². The van der Waals surface area contributed by atoms with Gasteiger partial charge in [-0.25, -0.2) is 0 Å². The van der Waals surface area contributed by atoms with E-state index in [1.165, 1.54) is 6.20 Å². The first-order valence-corrected chi connectivity index (χ1v) is 10.6. The summed E-state index contributed by atoms with van der Waals surface area (Å²) in [5.41, 5.74) is 3.14. The number of aromatic nitrogens is 2. The average molecular weight is 446 g/mol. The molecule has 0 bridgehead atoms. The van der Waals surface area contributed by atoms with E-state index in [-0.39, 0.29) is 16.7 Å². The molecule has 0 spiro atoms. The number of benzene rings is 1. The van der Waals surface area contributed by atoms with Crippen molar-refractivity contribution >= 4 is 45.4 Å². The molecular formula is C23H22N6O4. The highest BCUT2D eigenvalue weighted by Gasteiger charge is 2.38. The predicted octanol–water partition coefficient (Wildman–Crippen LogP) is 2.10. The summed E-state index contributed by atoms with van der Waals surface area (Å²) in [4.78, 5) is 48.5. The van der Waals surface area contributed by atoms with Crippen molar-refractivity contribution in [2.24, 2.45) is 0 Å². The van der Waals surface area contributed by atoms with Crippen molar-refractivity contribution in [2.45, 2.75) is 6.92 Å². The smallest absolute Gasteiger partial charge is 0.366 e. The van der Waals surface area contributed by atoms with Crippen LogP contribution in [-0.2, 0) is 9.59 Å². The van der Waals surface area contributed by atoms with Crippen LogP contribution in [0.2, 0.25) is 0 Å². The zero-order valence-corrected chi connectivity index (χ0v) is 18.2. The Balaban J connectivity index is 1.72. The lowest BCUT2D eigenvalue weighted by Crippen LogP contribution is -2.44. The van der Waals surface area contributed by atoms with Gasteiger partial charge in [0, 0.05) is 48.8 Å². The second-order valence-electron chi connectivity index (χ2n) is 8.35. The number of H-pyrrole nitrogens is 1. The van der Waals surface area contributed by atoms with Gasteiger partial charge >= 0.3 is 5.82 Å². The van der Waals surface area contributed by atoms with Crippen molar-refractivity contribution in [1.82, 2.24) is 20.2 Å². The Hall–Kier alpha value is -4.05. The monoisotopic (exact) mass is 446 g/mol. The van der Waals surface area contributed by atoms with Crippen LogP contribution < -0.4 is 10.2 Å². The number of nitrogens with one attached hydrogen (secondary N) is 2. The van der Waals surface area contributed by atoms with Crippen LogP contribution in [0.5, 0.6) is 0 Å². The van der Waals surface area contributed by atoms with E-state index in [4.69, 9.17) is 0 Å². The van der Waals surface area contributed by atoms with Gasteiger partial charge in [-0.1, -0.05) is 18.2 Å². The van der Waals surface area contributed by atoms with Crippen LogP contribution in [0.3, 0.4) is 0 Å². The fourth-order valence-electron chi connectivity index (χ4n) is 4.50. The van der Waals surface area contributed by atoms with Crippen molar-refractivity contribution in [2.75, 3.05) is 38.1 Å². The first-order chi connectivity index (χ1) is 15.8. The van der Waals surface area contributed by atoms with E-state index in [0.717, 1.165) is 42.6 Å². The molecule has 2 aromatic heterocycles. The third kappa shape index (κ3) is 3.44. The molecule has 2 aliphatic heterocycles. The second-order valence-corrected chi connectivity index (χ2v) is 8.35. The summed E-state index contributed by atoms with van der Waals surface area (Å²) in [6.07, 6.45) is 3.12. The lowest BCUT2D eigenvalue weighted by atomic mass is 9.95. The van der Waals surface area contributed by atoms with Crippen molar-refractivity contribution < 1.29 is 14.5 Å². The molecule has 2 amide bonds. The maximum Gasteiger partial charge on any atom is 0.371 e. The van der Waals surface area contributed by atoms with Gasteiger partial charge in [0.05, 0.1) is 22.4 Å². The van der Waals surface area contributed by atoms with Crippen molar-refractivity contribution in [1.29, 1.82) is 0 Å². The van der Waals surface area contributed by atoms with Crippen LogP contribution in [-0.4, -0.2) is 64.8 Å². The number of fused-ring (bicyclic) bond motifs is 1. The normalized spacial score (nSPS) is 17.2. The van der Waals surface area contributed by atoms with Gasteiger partial charge in [0.15, 0.2) is 6.20 Å². The van der Waals surface area contributed by atoms with Gasteiger partial charge in [0.2, 0.25) is 0 Å². The van der Waals surface area contributed by atoms with Crippen LogP contribution in [0.1, 0.15) is 16.7 Å². The molecule has 1 fully saturated rings. The summed E-state index contributed by atoms with van der Waals surface area (Å²) in [5.74, 6) is -1.71. The van der Waals surface area contributed by atoms with E-state index in [2.05, 4.69) is 25.1 Å². The molecule has 2 aliphatic rings. The fourth-order valence-corrected chi connectivity index (χ4v) is 4.50. The van der Waals surface area contributed by atoms with Crippen LogP contribution in [0.15, 0.2) is 36.7 Å². The molecule has 0 aliphatic carbocycles. The van der Waals surface area contributed by atoms with Crippen LogP contribution >= 0.6 is 0 Å². The highest BCUT2D eigenvalue weighted by atomic mass is 16.6. The average Bonchev–Trinajstić information content (AvgIpc) is 3.34. The molecule has 168 valence electrons. The molecule has 5 rings (SSSR count). The Bertz CT molecular complexity index is 1350. The Morgan fingerprint density at radius 3 is 2.45 bits per heavy atom. The zero-order chi connectivity index (χ0) is 23.3. The first kappa shape index (κ1) is 20.8. The lowest BCUT2D eigenvalue weighted by molar-refractivity contribution is -0.389. The zero-order valence-electron chi connectivity index (χ0n) is 18.2. The van der Waals surface area contributed by atoms with E-state index in [9.17, 15) is 19.7 Å². The number of likely N-dealkylation sites (N-methyl/N-ethyl adjacent to an activating group) is 1. The van der Waals surface area contributed by atoms with Gasteiger partial charge in [-0.2, -0.15) is 0 Å². The Kier molecular flexibility index (Phi) is 4.94. The molecule has 10 heteroatoms. The fraction of sp³-hybridized carbons (Fsp3) is 0.261. The lowest BCUT2D eigenvalue weighted by Gasteiger charge is -2.33. The third-order valence-corrected chi connectivity index (χ3v) is 6.29. The van der Waals surface area contributed by atoms with Crippen LogP contribution in [0, 0.1) is 17.0 Å². The van der Waals surface area contributed by atoms with Gasteiger partial charge < -0.3 is 24.9 Å². The van der Waals surface area contributed by atoms with Crippen LogP contribution in [0.25, 0.3) is 22.0 Å². The summed E-state index contributed by atoms with van der Waals surface area (Å²) in [6.45, 7) is 5.08. The Labute approximate surface area is 189 Å². The number of imide groups is 1. The highest BCUT2D eigenvalue weighted by Crippen LogP contribution is 2.39. The number of para-hydroxylation sites is 1. The Morgan fingerprint density at radius 1 is 1.06 bits per heavy atom. The highest BCUT2D eigenvalue weighted by molar-refractivity contribution is 6.50. The number of carbonyl (C=O) groups excluding carboxylic acids is 2. The topological polar surface area (TPSA) is 124 Å². The van der Waals surface area contributed by atoms with E-state index in [0.29, 0.717) is 11.3 Å². The number of nitro groups is 1. The molecule has 1 aromatic carbocycles. The number of aromatic amines is 1. The maximum atomic E-state index is 12.9. The quantitative estimate of drug-likeness (QED) is 0.357. The second kappa shape index (κ2) is 7.82. The number of aryl methyl sites for hydroxylation is 1. The van der Waals surface area contributed by atoms with Gasteiger partial charge in [0.25, 0.3) is 11.8 Å². The number of nitrogens with zero attached hydrogens (tertiary/aromatic N) is 4. The van der Waals surface area contributed by atoms with Gasteiger partial charge in [-0.15, -0.1) is 0 Å². The van der Waals surface area contributed by atoms with E-state index < -0.39 is 22.6 Å². The molecule has 0 atom stereocenters. The van der Waals surface area contributed by atoms with Crippen molar-refractivity contribution in [3.8, 4) is 0 Å². The van der Waals surface area contributed by atoms with E-state index in [1.807, 2.05) is 32.2 Å². The number of pyridine rings is 1. The standard InChI is InChI=1S/C23H22N6O4/c1-13-4-3-5-15-17(12-24-20(13)15)19-18(22(30)26-23(19)31)16-10-14(11-25-21(16)29(32)33)28-8-6-27(2)7-9-28/h3-5,10-12,24H,6-9H2,1-2H3,(H,26,30,31). The number of carbonyl (C=O) groups is 2. The number of rotatable bonds is 4. The summed E-state index contributed by atoms with van der Waals surface area (Å²) < 4.78 is 0. The molecule has 0 saturated carbocycles. The first-order valence-electron chi connectivity index (χ1n) is 10.6. The Morgan fingerprint density at radius 2 is 1.76 bits per heavy atom. The van der Waals surface area contributed by atoms with Crippen LogP contribution in [0.4, 0.5) is 11.5 Å². The maximum absolute atomic E-state index is 12.9. The van der Waals surface area contributed by atoms with Gasteiger partial charge in [-0.05, 0) is 35.5 Å². The molecular weight excluding hydrogens is 424 g/mol. The van der Waals surface area contributed by atoms with E-state index in [1.54, 1.807) is 12.3 Å². The summed E-state index contributed by atoms with van der Waals surface area (Å²) >= 11 is 0. The number of amides is 2. The van der Waals surface area contributed by atoms with Crippen molar-refractivity contribution in [3.05, 3.63) is 63.5 Å². The molecule has 3 aromatic rings. The molecule has 0 radical (unpaired) electrons. The largest absolute Gasteiger partial charge is 0.371 e. The molecule has 2 N–H and O–H groups in total. The number of hydrogen-bond donors (Lipinski definition) is 2. The van der Waals surface area contributed by atoms with E-state index >= 15 is 0 Å². The molecule has 4 heterocycles. The summed E-state index contributed by atoms with van der Waals surface area (Å²) in [7, 11) is 2.03. The van der Waals surface area contributed by atoms with Gasteiger partial charge in [0.1, 0.15) is 0 Å². The number of anilines is 1. The summed E-state index contributed by atoms with van der Waals surface area (Å²) in [5, 5.41) is 14.9. The molecule has 10 nitrogen and oxygen atoms in total. The molecule has 33 heavy (non-hydrogen) atoms. The number of piperazine rings is 1. The minimum absolute atomic E-state index is 0.0300. The molecule has 1 saturated heterocycles. The minimum atomic E-state index is -0.669.